The Kier molecular flexibility index (Phi) is 6.36. The lowest BCUT2D eigenvalue weighted by Crippen LogP contribution is -2.30. The molecular weight excluding hydrogens is 306 g/mol. The Hall–Kier alpha value is 0.140. The lowest BCUT2D eigenvalue weighted by atomic mass is 9.82. The summed E-state index contributed by atoms with van der Waals surface area (Å²) in [5.74, 6) is 0.769. The summed E-state index contributed by atoms with van der Waals surface area (Å²) in [6.45, 7) is 9.36. The van der Waals surface area contributed by atoms with E-state index in [0.29, 0.717) is 11.5 Å². The molecule has 0 aliphatic heterocycles. The standard InChI is InChI=1S/C15H26BrNS/c1-11(9-15(2,3)4)6-13(17-5)8-14-7-12(16)10-18-14/h7,10-11,13,17H,6,8-9H2,1-5H3. The number of rotatable bonds is 6. The summed E-state index contributed by atoms with van der Waals surface area (Å²) in [6, 6.07) is 2.83. The normalized spacial score (nSPS) is 15.7. The van der Waals surface area contributed by atoms with E-state index in [2.05, 4.69) is 67.4 Å². The molecule has 3 heteroatoms. The summed E-state index contributed by atoms with van der Waals surface area (Å²) in [5, 5.41) is 5.64. The van der Waals surface area contributed by atoms with Crippen molar-refractivity contribution in [1.82, 2.24) is 5.32 Å². The van der Waals surface area contributed by atoms with E-state index >= 15 is 0 Å². The molecule has 1 nitrogen and oxygen atoms in total. The van der Waals surface area contributed by atoms with Crippen LogP contribution in [0, 0.1) is 11.3 Å². The molecule has 0 radical (unpaired) electrons. The zero-order chi connectivity index (χ0) is 13.8. The summed E-state index contributed by atoms with van der Waals surface area (Å²) >= 11 is 5.37. The van der Waals surface area contributed by atoms with Crippen LogP contribution in [0.4, 0.5) is 0 Å². The Bertz CT molecular complexity index is 354. The first-order valence-corrected chi connectivity index (χ1v) is 8.37. The fourth-order valence-electron chi connectivity index (χ4n) is 2.62. The Balaban J connectivity index is 2.46. The minimum Gasteiger partial charge on any atom is -0.317 e. The van der Waals surface area contributed by atoms with E-state index in [0.717, 1.165) is 12.3 Å². The Morgan fingerprint density at radius 1 is 1.39 bits per heavy atom. The minimum absolute atomic E-state index is 0.434. The van der Waals surface area contributed by atoms with Crippen molar-refractivity contribution in [3.05, 3.63) is 20.8 Å². The molecule has 0 spiro atoms. The number of hydrogen-bond donors (Lipinski definition) is 1. The van der Waals surface area contributed by atoms with Gasteiger partial charge in [0.15, 0.2) is 0 Å². The van der Waals surface area contributed by atoms with E-state index in [1.807, 2.05) is 11.3 Å². The highest BCUT2D eigenvalue weighted by atomic mass is 79.9. The van der Waals surface area contributed by atoms with Gasteiger partial charge in [0.05, 0.1) is 0 Å². The maximum absolute atomic E-state index is 3.52. The predicted molar refractivity (Wildman–Crippen MR) is 86.4 cm³/mol. The van der Waals surface area contributed by atoms with Crippen molar-refractivity contribution >= 4 is 27.3 Å². The molecule has 18 heavy (non-hydrogen) atoms. The molecule has 104 valence electrons. The van der Waals surface area contributed by atoms with Gasteiger partial charge < -0.3 is 5.32 Å². The molecule has 1 aromatic heterocycles. The van der Waals surface area contributed by atoms with E-state index < -0.39 is 0 Å². The SMILES string of the molecule is CNC(Cc1cc(Br)cs1)CC(C)CC(C)(C)C. The molecule has 1 heterocycles. The Morgan fingerprint density at radius 2 is 2.06 bits per heavy atom. The molecule has 1 N–H and O–H groups in total. The van der Waals surface area contributed by atoms with E-state index in [1.54, 1.807) is 0 Å². The topological polar surface area (TPSA) is 12.0 Å². The summed E-state index contributed by atoms with van der Waals surface area (Å²) in [7, 11) is 2.08. The molecule has 0 amide bonds. The van der Waals surface area contributed by atoms with Crippen molar-refractivity contribution in [2.24, 2.45) is 11.3 Å². The third kappa shape index (κ3) is 6.35. The summed E-state index contributed by atoms with van der Waals surface area (Å²) in [4.78, 5) is 1.46. The second-order valence-electron chi connectivity index (χ2n) is 6.53. The fourth-order valence-corrected chi connectivity index (χ4v) is 4.15. The van der Waals surface area contributed by atoms with Gasteiger partial charge in [0.25, 0.3) is 0 Å². The molecule has 0 aliphatic carbocycles. The van der Waals surface area contributed by atoms with Crippen molar-refractivity contribution in [2.75, 3.05) is 7.05 Å². The van der Waals surface area contributed by atoms with E-state index in [-0.39, 0.29) is 0 Å². The van der Waals surface area contributed by atoms with Crippen molar-refractivity contribution in [3.63, 3.8) is 0 Å². The van der Waals surface area contributed by atoms with Crippen molar-refractivity contribution < 1.29 is 0 Å². The third-order valence-electron chi connectivity index (χ3n) is 3.13. The molecule has 0 bridgehead atoms. The van der Waals surface area contributed by atoms with Crippen LogP contribution in [0.1, 0.15) is 45.4 Å². The lowest BCUT2D eigenvalue weighted by molar-refractivity contribution is 0.277. The van der Waals surface area contributed by atoms with Gasteiger partial charge in [-0.2, -0.15) is 0 Å². The zero-order valence-electron chi connectivity index (χ0n) is 12.2. The van der Waals surface area contributed by atoms with Gasteiger partial charge in [0.1, 0.15) is 0 Å². The number of halogens is 1. The maximum atomic E-state index is 3.52. The predicted octanol–water partition coefficient (Wildman–Crippen LogP) is 5.10. The van der Waals surface area contributed by atoms with Gasteiger partial charge in [-0.1, -0.05) is 27.7 Å². The van der Waals surface area contributed by atoms with E-state index in [9.17, 15) is 0 Å². The second kappa shape index (κ2) is 7.06. The third-order valence-corrected chi connectivity index (χ3v) is 4.85. The highest BCUT2D eigenvalue weighted by Gasteiger charge is 2.19. The summed E-state index contributed by atoms with van der Waals surface area (Å²) in [5.41, 5.74) is 0.434. The second-order valence-corrected chi connectivity index (χ2v) is 8.44. The van der Waals surface area contributed by atoms with Crippen LogP contribution >= 0.6 is 27.3 Å². The molecule has 2 unspecified atom stereocenters. The molecule has 0 saturated heterocycles. The molecule has 0 aliphatic rings. The van der Waals surface area contributed by atoms with Crippen LogP contribution < -0.4 is 5.32 Å². The van der Waals surface area contributed by atoms with Gasteiger partial charge in [-0.15, -0.1) is 11.3 Å². The first kappa shape index (κ1) is 16.2. The summed E-state index contributed by atoms with van der Waals surface area (Å²) in [6.07, 6.45) is 3.68. The monoisotopic (exact) mass is 331 g/mol. The first-order chi connectivity index (χ1) is 8.30. The average Bonchev–Trinajstić information content (AvgIpc) is 2.60. The lowest BCUT2D eigenvalue weighted by Gasteiger charge is -2.26. The van der Waals surface area contributed by atoms with Crippen molar-refractivity contribution in [1.29, 1.82) is 0 Å². The maximum Gasteiger partial charge on any atom is 0.0285 e. The Morgan fingerprint density at radius 3 is 2.50 bits per heavy atom. The number of hydrogen-bond acceptors (Lipinski definition) is 2. The summed E-state index contributed by atoms with van der Waals surface area (Å²) < 4.78 is 1.21. The smallest absolute Gasteiger partial charge is 0.0285 e. The average molecular weight is 332 g/mol. The molecule has 0 fully saturated rings. The van der Waals surface area contributed by atoms with Crippen LogP contribution in [0.2, 0.25) is 0 Å². The van der Waals surface area contributed by atoms with Crippen LogP contribution in [-0.2, 0) is 6.42 Å². The van der Waals surface area contributed by atoms with Crippen LogP contribution in [-0.4, -0.2) is 13.1 Å². The zero-order valence-corrected chi connectivity index (χ0v) is 14.6. The molecule has 2 atom stereocenters. The van der Waals surface area contributed by atoms with Gasteiger partial charge >= 0.3 is 0 Å². The van der Waals surface area contributed by atoms with Crippen LogP contribution in [0.25, 0.3) is 0 Å². The van der Waals surface area contributed by atoms with E-state index in [1.165, 1.54) is 22.2 Å². The van der Waals surface area contributed by atoms with Crippen LogP contribution in [0.3, 0.4) is 0 Å². The van der Waals surface area contributed by atoms with Gasteiger partial charge in [-0.05, 0) is 59.6 Å². The highest BCUT2D eigenvalue weighted by Crippen LogP contribution is 2.28. The molecule has 0 aromatic carbocycles. The van der Waals surface area contributed by atoms with Crippen LogP contribution in [0.5, 0.6) is 0 Å². The number of thiophene rings is 1. The van der Waals surface area contributed by atoms with Gasteiger partial charge in [-0.3, -0.25) is 0 Å². The van der Waals surface area contributed by atoms with Gasteiger partial charge in [0.2, 0.25) is 0 Å². The number of likely N-dealkylation sites (N-methyl/N-ethyl adjacent to an activating group) is 1. The van der Waals surface area contributed by atoms with Crippen LogP contribution in [0.15, 0.2) is 15.9 Å². The van der Waals surface area contributed by atoms with E-state index in [4.69, 9.17) is 0 Å². The quantitative estimate of drug-likeness (QED) is 0.764. The highest BCUT2D eigenvalue weighted by molar-refractivity contribution is 9.10. The molecular formula is C15H26BrNS. The molecule has 0 saturated carbocycles. The van der Waals surface area contributed by atoms with Crippen molar-refractivity contribution in [3.8, 4) is 0 Å². The minimum atomic E-state index is 0.434. The first-order valence-electron chi connectivity index (χ1n) is 6.70. The largest absolute Gasteiger partial charge is 0.317 e. The van der Waals surface area contributed by atoms with Gasteiger partial charge in [-0.25, -0.2) is 0 Å². The Labute approximate surface area is 125 Å². The van der Waals surface area contributed by atoms with Gasteiger partial charge in [0, 0.05) is 20.8 Å². The number of nitrogens with one attached hydrogen (secondary N) is 1. The fraction of sp³-hybridized carbons (Fsp3) is 0.733. The molecule has 1 rings (SSSR count). The van der Waals surface area contributed by atoms with Crippen molar-refractivity contribution in [2.45, 2.75) is 53.0 Å². The molecule has 1 aromatic rings.